The second kappa shape index (κ2) is 10.3. The van der Waals surface area contributed by atoms with Crippen molar-refractivity contribution < 1.29 is 27.8 Å². The van der Waals surface area contributed by atoms with Crippen molar-refractivity contribution in [2.24, 2.45) is 0 Å². The molecular weight excluding hydrogens is 530 g/mol. The molecule has 0 spiro atoms. The molecule has 0 unspecified atom stereocenters. The van der Waals surface area contributed by atoms with Gasteiger partial charge in [0, 0.05) is 24.1 Å². The normalized spacial score (nSPS) is 29.1. The Bertz CT molecular complexity index is 1390. The van der Waals surface area contributed by atoms with Crippen LogP contribution >= 0.6 is 11.8 Å². The average Bonchev–Trinajstić information content (AvgIpc) is 3.24. The SMILES string of the molecule is CCCSc1nc(N[C@@H]2C[C@H]2c2ccc(F)c(F)c2)c2nnn([C@@H]3C[C@H](OCC=O)[C@H]4OC(C)(C)O[C@H]43)c2n1. The van der Waals surface area contributed by atoms with Gasteiger partial charge in [0.15, 0.2) is 39.6 Å². The second-order valence-electron chi connectivity index (χ2n) is 10.6. The van der Waals surface area contributed by atoms with Gasteiger partial charge in [-0.15, -0.1) is 5.10 Å². The van der Waals surface area contributed by atoms with Crippen molar-refractivity contribution in [3.63, 3.8) is 0 Å². The third-order valence-corrected chi connectivity index (χ3v) is 8.35. The van der Waals surface area contributed by atoms with Crippen LogP contribution in [0, 0.1) is 11.6 Å². The smallest absolute Gasteiger partial charge is 0.191 e. The van der Waals surface area contributed by atoms with Crippen LogP contribution in [-0.2, 0) is 19.0 Å². The Balaban J connectivity index is 1.31. The van der Waals surface area contributed by atoms with Gasteiger partial charge >= 0.3 is 0 Å². The first-order valence-corrected chi connectivity index (χ1v) is 14.1. The molecule has 2 aliphatic carbocycles. The van der Waals surface area contributed by atoms with Crippen LogP contribution in [0.5, 0.6) is 0 Å². The first kappa shape index (κ1) is 26.5. The summed E-state index contributed by atoms with van der Waals surface area (Å²) < 4.78 is 47.2. The van der Waals surface area contributed by atoms with E-state index >= 15 is 0 Å². The van der Waals surface area contributed by atoms with Crippen molar-refractivity contribution in [1.29, 1.82) is 0 Å². The number of hydrogen-bond donors (Lipinski definition) is 1. The van der Waals surface area contributed by atoms with Crippen molar-refractivity contribution in [2.75, 3.05) is 17.7 Å². The number of fused-ring (bicyclic) bond motifs is 2. The van der Waals surface area contributed by atoms with Crippen molar-refractivity contribution in [2.45, 2.75) is 87.3 Å². The number of hydrogen-bond acceptors (Lipinski definition) is 10. The Kier molecular flexibility index (Phi) is 7.02. The monoisotopic (exact) mass is 560 g/mol. The number of ether oxygens (including phenoxy) is 3. The average molecular weight is 561 g/mol. The first-order chi connectivity index (χ1) is 18.8. The van der Waals surface area contributed by atoms with Crippen LogP contribution in [0.3, 0.4) is 0 Å². The third kappa shape index (κ3) is 5.12. The van der Waals surface area contributed by atoms with Crippen LogP contribution in [-0.4, -0.2) is 73.7 Å². The largest absolute Gasteiger partial charge is 0.368 e. The summed E-state index contributed by atoms with van der Waals surface area (Å²) in [6.07, 6.45) is 1.88. The summed E-state index contributed by atoms with van der Waals surface area (Å²) in [4.78, 5) is 20.5. The lowest BCUT2D eigenvalue weighted by Crippen LogP contribution is -2.31. The Morgan fingerprint density at radius 1 is 1.21 bits per heavy atom. The number of thioether (sulfide) groups is 1. The predicted molar refractivity (Wildman–Crippen MR) is 139 cm³/mol. The zero-order valence-electron chi connectivity index (χ0n) is 21.8. The van der Waals surface area contributed by atoms with Gasteiger partial charge in [0.2, 0.25) is 0 Å². The molecule has 3 aliphatic rings. The van der Waals surface area contributed by atoms with E-state index in [1.807, 2.05) is 13.8 Å². The van der Waals surface area contributed by atoms with E-state index < -0.39 is 17.4 Å². The van der Waals surface area contributed by atoms with Gasteiger partial charge in [-0.1, -0.05) is 30.0 Å². The molecule has 3 fully saturated rings. The summed E-state index contributed by atoms with van der Waals surface area (Å²) >= 11 is 1.54. The van der Waals surface area contributed by atoms with Crippen LogP contribution < -0.4 is 5.32 Å². The van der Waals surface area contributed by atoms with Gasteiger partial charge in [0.25, 0.3) is 0 Å². The quantitative estimate of drug-likeness (QED) is 0.222. The molecule has 1 N–H and O–H groups in total. The molecule has 3 aromatic rings. The van der Waals surface area contributed by atoms with Gasteiger partial charge in [-0.3, -0.25) is 0 Å². The molecule has 2 aromatic heterocycles. The van der Waals surface area contributed by atoms with Gasteiger partial charge in [-0.2, -0.15) is 0 Å². The second-order valence-corrected chi connectivity index (χ2v) is 11.6. The number of nitrogens with one attached hydrogen (secondary N) is 1. The van der Waals surface area contributed by atoms with Gasteiger partial charge in [-0.25, -0.2) is 23.4 Å². The summed E-state index contributed by atoms with van der Waals surface area (Å²) in [5, 5.41) is 12.9. The van der Waals surface area contributed by atoms with Crippen molar-refractivity contribution >= 4 is 35.0 Å². The van der Waals surface area contributed by atoms with E-state index in [-0.39, 0.29) is 42.9 Å². The number of carbonyl (C=O) groups is 1. The van der Waals surface area contributed by atoms with E-state index in [1.54, 1.807) is 22.5 Å². The lowest BCUT2D eigenvalue weighted by molar-refractivity contribution is -0.170. The summed E-state index contributed by atoms with van der Waals surface area (Å²) in [6, 6.07) is 3.74. The number of benzene rings is 1. The van der Waals surface area contributed by atoms with Gasteiger partial charge in [0.05, 0.1) is 12.1 Å². The molecular formula is C26H30F2N6O4S. The summed E-state index contributed by atoms with van der Waals surface area (Å²) in [5.41, 5.74) is 1.81. The molecule has 39 heavy (non-hydrogen) atoms. The van der Waals surface area contributed by atoms with E-state index in [2.05, 4.69) is 22.6 Å². The standard InChI is InChI=1S/C26H30F2N6O4S/c1-4-9-39-25-30-23(29-17-11-14(17)13-5-6-15(27)16(28)10-13)20-24(31-25)34(33-32-20)18-12-19(36-8-7-35)22-21(18)37-26(2,3)38-22/h5-7,10,14,17-19,21-22H,4,8-9,11-12H2,1-3H3,(H,29,30,31)/t14-,17+,18+,19-,21-,22+/m0/s1. The molecule has 3 heterocycles. The number of halogens is 2. The maximum Gasteiger partial charge on any atom is 0.191 e. The zero-order valence-corrected chi connectivity index (χ0v) is 22.7. The minimum atomic E-state index is -0.858. The molecule has 10 nitrogen and oxygen atoms in total. The summed E-state index contributed by atoms with van der Waals surface area (Å²) in [6.45, 7) is 5.75. The number of anilines is 1. The van der Waals surface area contributed by atoms with Gasteiger partial charge < -0.3 is 24.3 Å². The predicted octanol–water partition coefficient (Wildman–Crippen LogP) is 4.02. The summed E-state index contributed by atoms with van der Waals surface area (Å²) in [5.74, 6) is -1.10. The fraction of sp³-hybridized carbons (Fsp3) is 0.577. The fourth-order valence-corrected chi connectivity index (χ4v) is 6.20. The Hall–Kier alpha value is -2.74. The number of aromatic nitrogens is 5. The minimum Gasteiger partial charge on any atom is -0.368 e. The van der Waals surface area contributed by atoms with Crippen molar-refractivity contribution in [3.05, 3.63) is 35.4 Å². The third-order valence-electron chi connectivity index (χ3n) is 7.30. The van der Waals surface area contributed by atoms with Crippen molar-refractivity contribution in [1.82, 2.24) is 25.0 Å². The number of aldehydes is 1. The highest BCUT2D eigenvalue weighted by molar-refractivity contribution is 7.99. The molecule has 1 saturated heterocycles. The molecule has 1 aliphatic heterocycles. The highest BCUT2D eigenvalue weighted by Crippen LogP contribution is 2.46. The van der Waals surface area contributed by atoms with E-state index in [1.165, 1.54) is 6.07 Å². The highest BCUT2D eigenvalue weighted by Gasteiger charge is 2.56. The van der Waals surface area contributed by atoms with Crippen LogP contribution in [0.15, 0.2) is 23.4 Å². The molecule has 6 atom stereocenters. The highest BCUT2D eigenvalue weighted by atomic mass is 32.2. The topological polar surface area (TPSA) is 113 Å². The Morgan fingerprint density at radius 3 is 2.79 bits per heavy atom. The number of nitrogens with zero attached hydrogens (tertiary/aromatic N) is 5. The lowest BCUT2D eigenvalue weighted by atomic mass is 10.1. The lowest BCUT2D eigenvalue weighted by Gasteiger charge is -2.23. The van der Waals surface area contributed by atoms with Gasteiger partial charge in [-0.05, 0) is 44.4 Å². The molecule has 208 valence electrons. The van der Waals surface area contributed by atoms with Crippen LogP contribution in [0.2, 0.25) is 0 Å². The summed E-state index contributed by atoms with van der Waals surface area (Å²) in [7, 11) is 0. The first-order valence-electron chi connectivity index (χ1n) is 13.2. The zero-order chi connectivity index (χ0) is 27.3. The van der Waals surface area contributed by atoms with Crippen LogP contribution in [0.4, 0.5) is 14.6 Å². The van der Waals surface area contributed by atoms with E-state index in [4.69, 9.17) is 24.2 Å². The Morgan fingerprint density at radius 2 is 2.03 bits per heavy atom. The Labute approximate surface area is 228 Å². The molecule has 2 saturated carbocycles. The van der Waals surface area contributed by atoms with Crippen molar-refractivity contribution in [3.8, 4) is 0 Å². The molecule has 0 radical (unpaired) electrons. The molecule has 1 aromatic carbocycles. The van der Waals surface area contributed by atoms with E-state index in [9.17, 15) is 13.6 Å². The number of carbonyl (C=O) groups excluding carboxylic acids is 1. The van der Waals surface area contributed by atoms with Crippen LogP contribution in [0.25, 0.3) is 11.2 Å². The maximum absolute atomic E-state index is 13.8. The van der Waals surface area contributed by atoms with Gasteiger partial charge in [0.1, 0.15) is 25.1 Å². The minimum absolute atomic E-state index is 0.00789. The fourth-order valence-electron chi connectivity index (χ4n) is 5.51. The van der Waals surface area contributed by atoms with Crippen LogP contribution in [0.1, 0.15) is 57.6 Å². The molecule has 0 amide bonds. The van der Waals surface area contributed by atoms with E-state index in [0.29, 0.717) is 28.6 Å². The molecule has 13 heteroatoms. The van der Waals surface area contributed by atoms with E-state index in [0.717, 1.165) is 36.5 Å². The number of rotatable bonds is 10. The molecule has 6 rings (SSSR count). The maximum atomic E-state index is 13.8. The molecule has 0 bridgehead atoms.